The molecule has 1 amide bonds. The van der Waals surface area contributed by atoms with E-state index in [4.69, 9.17) is 20.9 Å². The zero-order valence-electron chi connectivity index (χ0n) is 14.6. The van der Waals surface area contributed by atoms with Crippen molar-refractivity contribution in [2.45, 2.75) is 57.6 Å². The van der Waals surface area contributed by atoms with E-state index in [2.05, 4.69) is 0 Å². The van der Waals surface area contributed by atoms with Crippen molar-refractivity contribution >= 4 is 30.3 Å². The minimum absolute atomic E-state index is 0.0458. The van der Waals surface area contributed by atoms with E-state index in [-0.39, 0.29) is 5.91 Å². The Morgan fingerprint density at radius 1 is 1.13 bits per heavy atom. The predicted octanol–water partition coefficient (Wildman–Crippen LogP) is 3.67. The van der Waals surface area contributed by atoms with Crippen LogP contribution in [0.3, 0.4) is 0 Å². The van der Waals surface area contributed by atoms with Crippen LogP contribution in [0.2, 0.25) is 11.3 Å². The topological polar surface area (TPSA) is 38.8 Å². The second kappa shape index (κ2) is 4.98. The van der Waals surface area contributed by atoms with Gasteiger partial charge in [0.15, 0.2) is 0 Å². The molecule has 6 heteroatoms. The molecule has 0 radical (unpaired) electrons. The highest BCUT2D eigenvalue weighted by molar-refractivity contribution is 6.47. The van der Waals surface area contributed by atoms with Crippen molar-refractivity contribution in [3.63, 3.8) is 0 Å². The number of carbonyl (C=O) groups is 1. The first-order chi connectivity index (χ1) is 10.5. The molecule has 0 aromatic heterocycles. The molecule has 0 N–H and O–H groups in total. The molecule has 1 aromatic carbocycles. The average Bonchev–Trinajstić information content (AvgIpc) is 2.73. The Labute approximate surface area is 143 Å². The van der Waals surface area contributed by atoms with Crippen LogP contribution in [-0.2, 0) is 19.5 Å². The predicted molar refractivity (Wildman–Crippen MR) is 93.1 cm³/mol. The lowest BCUT2D eigenvalue weighted by molar-refractivity contribution is -0.121. The van der Waals surface area contributed by atoms with Gasteiger partial charge in [-0.1, -0.05) is 17.7 Å². The summed E-state index contributed by atoms with van der Waals surface area (Å²) in [5.74, 6) is 0.0458. The van der Waals surface area contributed by atoms with Gasteiger partial charge in [-0.15, -0.1) is 0 Å². The number of hydrogen-bond donors (Lipinski definition) is 0. The molecule has 4 nitrogen and oxygen atoms in total. The maximum Gasteiger partial charge on any atom is 0.459 e. The number of amides is 1. The van der Waals surface area contributed by atoms with Gasteiger partial charge in [0.05, 0.1) is 16.6 Å². The normalized spacial score (nSPS) is 28.4. The van der Waals surface area contributed by atoms with Crippen LogP contribution in [-0.4, -0.2) is 31.3 Å². The molecule has 3 rings (SSSR count). The maximum absolute atomic E-state index is 12.9. The Hall–Kier alpha value is -1.04. The third kappa shape index (κ3) is 2.41. The van der Waals surface area contributed by atoms with Gasteiger partial charge in [-0.3, -0.25) is 4.79 Å². The van der Waals surface area contributed by atoms with Crippen molar-refractivity contribution < 1.29 is 14.1 Å². The van der Waals surface area contributed by atoms with Gasteiger partial charge < -0.3 is 14.2 Å². The van der Waals surface area contributed by atoms with Gasteiger partial charge in [0.1, 0.15) is 0 Å². The summed E-state index contributed by atoms with van der Waals surface area (Å²) in [5, 5.41) is 0.628. The van der Waals surface area contributed by atoms with Crippen molar-refractivity contribution in [2.24, 2.45) is 0 Å². The Balaban J connectivity index is 1.93. The number of hydrogen-bond acceptors (Lipinski definition) is 3. The van der Waals surface area contributed by atoms with Gasteiger partial charge in [0, 0.05) is 24.1 Å². The lowest BCUT2D eigenvalue weighted by Crippen LogP contribution is -2.41. The molecule has 23 heavy (non-hydrogen) atoms. The van der Waals surface area contributed by atoms with E-state index < -0.39 is 23.7 Å². The van der Waals surface area contributed by atoms with Crippen LogP contribution in [0.15, 0.2) is 18.2 Å². The minimum Gasteiger partial charge on any atom is -0.403 e. The van der Waals surface area contributed by atoms with E-state index in [1.165, 1.54) is 0 Å². The number of carbonyl (C=O) groups excluding carboxylic acids is 1. The third-order valence-electron chi connectivity index (χ3n) is 5.57. The monoisotopic (exact) mass is 335 g/mol. The van der Waals surface area contributed by atoms with Crippen LogP contribution in [0.5, 0.6) is 0 Å². The van der Waals surface area contributed by atoms with E-state index in [1.54, 1.807) is 11.9 Å². The van der Waals surface area contributed by atoms with Crippen LogP contribution >= 0.6 is 11.6 Å². The molecular weight excluding hydrogens is 312 g/mol. The fourth-order valence-corrected chi connectivity index (χ4v) is 3.59. The lowest BCUT2D eigenvalue weighted by Gasteiger charge is -2.32. The first-order valence-electron chi connectivity index (χ1n) is 7.92. The van der Waals surface area contributed by atoms with E-state index >= 15 is 0 Å². The number of benzene rings is 1. The smallest absolute Gasteiger partial charge is 0.403 e. The second-order valence-electron chi connectivity index (χ2n) is 7.75. The highest BCUT2D eigenvalue weighted by atomic mass is 35.5. The van der Waals surface area contributed by atoms with E-state index in [1.807, 2.05) is 52.8 Å². The van der Waals surface area contributed by atoms with Gasteiger partial charge in [-0.25, -0.2) is 0 Å². The van der Waals surface area contributed by atoms with Crippen molar-refractivity contribution in [3.05, 3.63) is 28.8 Å². The van der Waals surface area contributed by atoms with Crippen molar-refractivity contribution in [1.82, 2.24) is 0 Å². The van der Waals surface area contributed by atoms with E-state index in [0.29, 0.717) is 11.3 Å². The summed E-state index contributed by atoms with van der Waals surface area (Å²) in [4.78, 5) is 14.6. The average molecular weight is 336 g/mol. The Bertz CT molecular complexity index is 660. The summed E-state index contributed by atoms with van der Waals surface area (Å²) in [6.07, 6.45) is 0.484. The van der Waals surface area contributed by atoms with Crippen LogP contribution in [0, 0.1) is 0 Å². The Kier molecular flexibility index (Phi) is 3.64. The number of fused-ring (bicyclic) bond motifs is 1. The maximum atomic E-state index is 12.9. The van der Waals surface area contributed by atoms with Crippen molar-refractivity contribution in [2.75, 3.05) is 11.9 Å². The molecule has 0 spiro atoms. The van der Waals surface area contributed by atoms with Crippen LogP contribution in [0.4, 0.5) is 5.69 Å². The standard InChI is InChI=1S/C17H23BClNO3/c1-15(2)16(3,4)23-18(22-15)10-17(5)12-8-7-11(19)9-13(12)20(6)14(17)21/h7-9H,10H2,1-6H3. The number of anilines is 1. The van der Waals surface area contributed by atoms with Gasteiger partial charge in [0.25, 0.3) is 0 Å². The van der Waals surface area contributed by atoms with Gasteiger partial charge in [-0.05, 0) is 52.3 Å². The van der Waals surface area contributed by atoms with Crippen LogP contribution < -0.4 is 4.90 Å². The molecule has 1 aromatic rings. The largest absolute Gasteiger partial charge is 0.459 e. The van der Waals surface area contributed by atoms with Crippen molar-refractivity contribution in [3.8, 4) is 0 Å². The SMILES string of the molecule is CN1C(=O)C(C)(CB2OC(C)(C)C(C)(C)O2)c2ccc(Cl)cc21. The van der Waals surface area contributed by atoms with E-state index in [0.717, 1.165) is 11.3 Å². The molecule has 1 unspecified atom stereocenters. The second-order valence-corrected chi connectivity index (χ2v) is 8.18. The minimum atomic E-state index is -0.671. The lowest BCUT2D eigenvalue weighted by atomic mass is 9.66. The summed E-state index contributed by atoms with van der Waals surface area (Å²) in [5.41, 5.74) is 0.371. The van der Waals surface area contributed by atoms with Gasteiger partial charge >= 0.3 is 7.12 Å². The molecule has 0 bridgehead atoms. The summed E-state index contributed by atoms with van der Waals surface area (Å²) >= 11 is 6.09. The number of nitrogens with zero attached hydrogens (tertiary/aromatic N) is 1. The number of rotatable bonds is 2. The quantitative estimate of drug-likeness (QED) is 0.774. The van der Waals surface area contributed by atoms with Gasteiger partial charge in [-0.2, -0.15) is 0 Å². The van der Waals surface area contributed by atoms with E-state index in [9.17, 15) is 4.79 Å². The third-order valence-corrected chi connectivity index (χ3v) is 5.80. The first-order valence-corrected chi connectivity index (χ1v) is 8.29. The molecule has 2 heterocycles. The Morgan fingerprint density at radius 3 is 2.26 bits per heavy atom. The summed E-state index contributed by atoms with van der Waals surface area (Å²) < 4.78 is 12.2. The fraction of sp³-hybridized carbons (Fsp3) is 0.588. The molecule has 0 aliphatic carbocycles. The highest BCUT2D eigenvalue weighted by Gasteiger charge is 2.56. The highest BCUT2D eigenvalue weighted by Crippen LogP contribution is 2.48. The van der Waals surface area contributed by atoms with Gasteiger partial charge in [0.2, 0.25) is 5.91 Å². The number of likely N-dealkylation sites (N-methyl/N-ethyl adjacent to an activating group) is 1. The first kappa shape index (κ1) is 16.8. The fourth-order valence-electron chi connectivity index (χ4n) is 3.42. The molecule has 1 atom stereocenters. The van der Waals surface area contributed by atoms with Crippen LogP contribution in [0.25, 0.3) is 0 Å². The molecule has 2 aliphatic rings. The number of halogens is 1. The van der Waals surface area contributed by atoms with Crippen molar-refractivity contribution in [1.29, 1.82) is 0 Å². The Morgan fingerprint density at radius 2 is 1.70 bits per heavy atom. The summed E-state index contributed by atoms with van der Waals surface area (Å²) in [6.45, 7) is 10.0. The zero-order chi connectivity index (χ0) is 17.2. The molecular formula is C17H23BClNO3. The molecule has 1 fully saturated rings. The molecule has 0 saturated carbocycles. The summed E-state index contributed by atoms with van der Waals surface area (Å²) in [7, 11) is 1.37. The summed E-state index contributed by atoms with van der Waals surface area (Å²) in [6, 6.07) is 5.60. The molecule has 2 aliphatic heterocycles. The molecule has 1 saturated heterocycles. The molecule has 124 valence electrons. The van der Waals surface area contributed by atoms with Crippen LogP contribution in [0.1, 0.15) is 40.2 Å². The zero-order valence-corrected chi connectivity index (χ0v) is 15.3.